The van der Waals surface area contributed by atoms with Gasteiger partial charge in [0.15, 0.2) is 5.75 Å². The van der Waals surface area contributed by atoms with Gasteiger partial charge >= 0.3 is 18.1 Å². The highest BCUT2D eigenvalue weighted by Crippen LogP contribution is 2.30. The van der Waals surface area contributed by atoms with Crippen molar-refractivity contribution in [1.29, 1.82) is 0 Å². The Labute approximate surface area is 203 Å². The number of carbonyl (C=O) groups is 2. The smallest absolute Gasteiger partial charge is 0.480 e. The van der Waals surface area contributed by atoms with E-state index in [1.54, 1.807) is 24.4 Å². The molecule has 0 aliphatic rings. The number of carboxylic acids is 2. The molecule has 0 spiro atoms. The number of halogens is 3. The highest BCUT2D eigenvalue weighted by atomic mass is 32.2. The first-order valence-corrected chi connectivity index (χ1v) is 12.0. The molecule has 2 heterocycles. The fourth-order valence-corrected chi connectivity index (χ4v) is 4.27. The Morgan fingerprint density at radius 1 is 1.06 bits per heavy atom. The number of sulfonamides is 1. The lowest BCUT2D eigenvalue weighted by Gasteiger charge is -2.06. The minimum atomic E-state index is -5.08. The highest BCUT2D eigenvalue weighted by molar-refractivity contribution is 7.93. The lowest BCUT2D eigenvalue weighted by atomic mass is 10.2. The zero-order valence-corrected chi connectivity index (χ0v) is 19.3. The molecule has 0 atom stereocenters. The van der Waals surface area contributed by atoms with Gasteiger partial charge < -0.3 is 15.5 Å². The van der Waals surface area contributed by atoms with Crippen molar-refractivity contribution in [2.24, 2.45) is 0 Å². The Balaban J connectivity index is 0.000000454. The van der Waals surface area contributed by atoms with Crippen LogP contribution < -0.4 is 10.0 Å². The summed E-state index contributed by atoms with van der Waals surface area (Å²) in [5.41, 5.74) is 2.66. The van der Waals surface area contributed by atoms with Crippen molar-refractivity contribution < 1.29 is 41.4 Å². The Kier molecular flexibility index (Phi) is 7.74. The van der Waals surface area contributed by atoms with Gasteiger partial charge in [0.25, 0.3) is 0 Å². The molecule has 0 saturated carbocycles. The van der Waals surface area contributed by atoms with Crippen LogP contribution in [0.2, 0.25) is 0 Å². The summed E-state index contributed by atoms with van der Waals surface area (Å²) in [5.74, 6) is -5.19. The summed E-state index contributed by atoms with van der Waals surface area (Å²) < 4.78 is 57.6. The van der Waals surface area contributed by atoms with Crippen molar-refractivity contribution in [3.8, 4) is 10.6 Å². The molecule has 4 aromatic rings. The molecule has 2 aromatic carbocycles. The number of aromatic amines is 1. The molecule has 0 aliphatic carbocycles. The highest BCUT2D eigenvalue weighted by Gasteiger charge is 2.38. The number of aromatic nitrogens is 4. The van der Waals surface area contributed by atoms with Crippen molar-refractivity contribution in [2.45, 2.75) is 6.18 Å². The van der Waals surface area contributed by atoms with Crippen LogP contribution in [0.5, 0.6) is 0 Å². The lowest BCUT2D eigenvalue weighted by molar-refractivity contribution is -0.192. The van der Waals surface area contributed by atoms with E-state index in [1.807, 2.05) is 18.2 Å². The second-order valence-corrected chi connectivity index (χ2v) is 9.55. The number of anilines is 3. The first-order valence-electron chi connectivity index (χ1n) is 9.49. The molecule has 12 nitrogen and oxygen atoms in total. The van der Waals surface area contributed by atoms with Crippen LogP contribution in [-0.4, -0.2) is 62.9 Å². The third-order valence-corrected chi connectivity index (χ3v) is 6.12. The van der Waals surface area contributed by atoms with Crippen molar-refractivity contribution in [2.75, 3.05) is 15.8 Å². The summed E-state index contributed by atoms with van der Waals surface area (Å²) in [6, 6.07) is 12.2. The summed E-state index contributed by atoms with van der Waals surface area (Å²) in [6.45, 7) is 0. The molecule has 0 amide bonds. The van der Waals surface area contributed by atoms with Gasteiger partial charge in [-0.1, -0.05) is 23.5 Å². The molecule has 0 aliphatic heterocycles. The summed E-state index contributed by atoms with van der Waals surface area (Å²) >= 11 is 1.30. The minimum Gasteiger partial charge on any atom is -0.480 e. The zero-order chi connectivity index (χ0) is 26.5. The van der Waals surface area contributed by atoms with Crippen LogP contribution >= 0.6 is 11.3 Å². The first-order chi connectivity index (χ1) is 16.8. The lowest BCUT2D eigenvalue weighted by Crippen LogP contribution is -2.22. The fraction of sp³-hybridized carbons (Fsp3) is 0.105. The minimum absolute atomic E-state index is 0.249. The molecule has 190 valence electrons. The van der Waals surface area contributed by atoms with E-state index < -0.39 is 33.9 Å². The van der Waals surface area contributed by atoms with Crippen LogP contribution in [0.4, 0.5) is 29.7 Å². The summed E-state index contributed by atoms with van der Waals surface area (Å²) in [4.78, 5) is 19.6. The van der Waals surface area contributed by atoms with Gasteiger partial charge in [0.2, 0.25) is 15.2 Å². The maximum atomic E-state index is 11.8. The van der Waals surface area contributed by atoms with Gasteiger partial charge in [0.1, 0.15) is 5.01 Å². The largest absolute Gasteiger partial charge is 0.490 e. The van der Waals surface area contributed by atoms with E-state index in [1.165, 1.54) is 17.4 Å². The van der Waals surface area contributed by atoms with Gasteiger partial charge in [-0.2, -0.15) is 18.3 Å². The van der Waals surface area contributed by atoms with Crippen molar-refractivity contribution in [3.63, 3.8) is 0 Å². The Bertz CT molecular complexity index is 1500. The Hall–Kier alpha value is -4.25. The van der Waals surface area contributed by atoms with Gasteiger partial charge in [-0.3, -0.25) is 14.6 Å². The van der Waals surface area contributed by atoms with Crippen LogP contribution in [-0.2, 0) is 19.6 Å². The van der Waals surface area contributed by atoms with E-state index in [-0.39, 0.29) is 5.69 Å². The SMILES string of the molecule is O=C(O)C(F)(F)F.O=C(O)CS(=O)(=O)Nc1cccc(-c2nnc(Nc3ccc4[nH]ncc4c3)s2)c1. The predicted molar refractivity (Wildman–Crippen MR) is 123 cm³/mol. The molecule has 36 heavy (non-hydrogen) atoms. The van der Waals surface area contributed by atoms with Gasteiger partial charge in [-0.25, -0.2) is 13.2 Å². The second kappa shape index (κ2) is 10.6. The third-order valence-electron chi connectivity index (χ3n) is 4.06. The topological polar surface area (TPSA) is 187 Å². The molecule has 0 saturated heterocycles. The molecule has 2 aromatic heterocycles. The molecule has 4 rings (SSSR count). The molecule has 0 bridgehead atoms. The number of alkyl halides is 3. The average molecular weight is 544 g/mol. The fourth-order valence-electron chi connectivity index (χ4n) is 2.63. The Morgan fingerprint density at radius 2 is 1.78 bits per heavy atom. The molecular weight excluding hydrogens is 529 g/mol. The normalized spacial score (nSPS) is 11.4. The Morgan fingerprint density at radius 3 is 2.44 bits per heavy atom. The zero-order valence-electron chi connectivity index (χ0n) is 17.6. The standard InChI is InChI=1S/C17H14N6O4S2.C2HF3O2/c24-15(25)9-29(26,27)23-13-3-1-2-10(6-13)16-21-22-17(28-16)19-12-4-5-14-11(7-12)8-18-20-14;3-2(4,5)1(6)7/h1-8,23H,9H2,(H,18,20)(H,19,22)(H,24,25);(H,6,7). The van der Waals surface area contributed by atoms with E-state index in [2.05, 4.69) is 30.4 Å². The van der Waals surface area contributed by atoms with E-state index in [0.29, 0.717) is 15.7 Å². The maximum Gasteiger partial charge on any atom is 0.490 e. The molecule has 5 N–H and O–H groups in total. The third kappa shape index (κ3) is 7.37. The number of fused-ring (bicyclic) bond motifs is 1. The monoisotopic (exact) mass is 544 g/mol. The maximum absolute atomic E-state index is 11.8. The number of nitrogens with zero attached hydrogens (tertiary/aromatic N) is 3. The predicted octanol–water partition coefficient (Wildman–Crippen LogP) is 3.28. The summed E-state index contributed by atoms with van der Waals surface area (Å²) in [7, 11) is -3.98. The number of hydrogen-bond acceptors (Lipinski definition) is 9. The van der Waals surface area contributed by atoms with Gasteiger partial charge in [-0.05, 0) is 30.3 Å². The van der Waals surface area contributed by atoms with Crippen molar-refractivity contribution >= 4 is 60.7 Å². The molecule has 0 unspecified atom stereocenters. The number of nitrogens with one attached hydrogen (secondary N) is 3. The first kappa shape index (κ1) is 26.4. The van der Waals surface area contributed by atoms with Crippen molar-refractivity contribution in [1.82, 2.24) is 20.4 Å². The number of H-pyrrole nitrogens is 1. The van der Waals surface area contributed by atoms with Crippen molar-refractivity contribution in [3.05, 3.63) is 48.7 Å². The average Bonchev–Trinajstić information content (AvgIpc) is 3.41. The number of rotatable bonds is 7. The number of carboxylic acid groups (broad SMARTS) is 2. The number of hydrogen-bond donors (Lipinski definition) is 5. The van der Waals surface area contributed by atoms with E-state index in [9.17, 15) is 26.4 Å². The quantitative estimate of drug-likeness (QED) is 0.231. The summed E-state index contributed by atoms with van der Waals surface area (Å²) in [6.07, 6.45) is -3.36. The van der Waals surface area contributed by atoms with Gasteiger partial charge in [0, 0.05) is 22.3 Å². The molecule has 17 heteroatoms. The summed E-state index contributed by atoms with van der Waals surface area (Å²) in [5, 5.41) is 36.2. The van der Waals surface area contributed by atoms with Crippen LogP contribution in [0.15, 0.2) is 48.7 Å². The van der Waals surface area contributed by atoms with Crippen LogP contribution in [0.3, 0.4) is 0 Å². The van der Waals surface area contributed by atoms with Gasteiger partial charge in [0.05, 0.1) is 11.7 Å². The van der Waals surface area contributed by atoms with Crippen LogP contribution in [0.1, 0.15) is 0 Å². The number of benzene rings is 2. The molecular formula is C19H15F3N6O6S2. The van der Waals surface area contributed by atoms with Crippen LogP contribution in [0, 0.1) is 0 Å². The van der Waals surface area contributed by atoms with E-state index >= 15 is 0 Å². The van der Waals surface area contributed by atoms with E-state index in [4.69, 9.17) is 15.0 Å². The number of aliphatic carboxylic acids is 2. The van der Waals surface area contributed by atoms with Gasteiger partial charge in [-0.15, -0.1) is 10.2 Å². The molecule has 0 radical (unpaired) electrons. The molecule has 0 fully saturated rings. The van der Waals surface area contributed by atoms with E-state index in [0.717, 1.165) is 16.6 Å². The van der Waals surface area contributed by atoms with Crippen LogP contribution in [0.25, 0.3) is 21.5 Å². The second-order valence-electron chi connectivity index (χ2n) is 6.85.